The van der Waals surface area contributed by atoms with Gasteiger partial charge in [0.2, 0.25) is 4.96 Å². The molecule has 0 atom stereocenters. The van der Waals surface area contributed by atoms with Crippen LogP contribution in [0, 0.1) is 6.92 Å². The predicted molar refractivity (Wildman–Crippen MR) is 98.5 cm³/mol. The van der Waals surface area contributed by atoms with Gasteiger partial charge in [-0.05, 0) is 43.3 Å². The second-order valence-electron chi connectivity index (χ2n) is 5.62. The van der Waals surface area contributed by atoms with Crippen LogP contribution in [0.1, 0.15) is 5.69 Å². The number of fused-ring (bicyclic) bond motifs is 3. The van der Waals surface area contributed by atoms with E-state index in [1.54, 1.807) is 16.0 Å². The fourth-order valence-electron chi connectivity index (χ4n) is 2.90. The van der Waals surface area contributed by atoms with Crippen molar-refractivity contribution in [2.75, 3.05) is 0 Å². The summed E-state index contributed by atoms with van der Waals surface area (Å²) in [6, 6.07) is 15.7. The van der Waals surface area contributed by atoms with Gasteiger partial charge in [0, 0.05) is 5.02 Å². The number of halogens is 1. The van der Waals surface area contributed by atoms with Crippen LogP contribution < -0.4 is 0 Å². The summed E-state index contributed by atoms with van der Waals surface area (Å²) in [5, 5.41) is 18.0. The van der Waals surface area contributed by atoms with Crippen molar-refractivity contribution < 1.29 is 0 Å². The number of para-hydroxylation sites is 1. The number of benzene rings is 2. The monoisotopic (exact) mass is 366 g/mol. The highest BCUT2D eigenvalue weighted by Crippen LogP contribution is 2.30. The molecule has 5 rings (SSSR count). The van der Waals surface area contributed by atoms with Gasteiger partial charge < -0.3 is 0 Å². The number of hydrogen-bond donors (Lipinski definition) is 0. The largest absolute Gasteiger partial charge is 0.264 e. The van der Waals surface area contributed by atoms with Gasteiger partial charge in [-0.25, -0.2) is 4.68 Å². The maximum atomic E-state index is 5.97. The third-order valence-electron chi connectivity index (χ3n) is 4.12. The highest BCUT2D eigenvalue weighted by atomic mass is 35.5. The lowest BCUT2D eigenvalue weighted by Gasteiger charge is -2.03. The van der Waals surface area contributed by atoms with Gasteiger partial charge in [0.05, 0.1) is 21.6 Å². The number of rotatable bonds is 2. The maximum Gasteiger partial charge on any atom is 0.217 e. The molecule has 0 aliphatic heterocycles. The Kier molecular flexibility index (Phi) is 3.13. The Bertz CT molecular complexity index is 1220. The third kappa shape index (κ3) is 2.16. The van der Waals surface area contributed by atoms with Gasteiger partial charge in [-0.15, -0.1) is 15.3 Å². The zero-order valence-electron chi connectivity index (χ0n) is 13.1. The summed E-state index contributed by atoms with van der Waals surface area (Å²) in [4.78, 5) is 0.844. The van der Waals surface area contributed by atoms with E-state index < -0.39 is 0 Å². The van der Waals surface area contributed by atoms with E-state index in [2.05, 4.69) is 32.6 Å². The number of hydrogen-bond acceptors (Lipinski definition) is 5. The van der Waals surface area contributed by atoms with Crippen molar-refractivity contribution in [1.82, 2.24) is 29.6 Å². The molecule has 0 aliphatic carbocycles. The van der Waals surface area contributed by atoms with Crippen LogP contribution in [-0.4, -0.2) is 29.6 Å². The van der Waals surface area contributed by atoms with Gasteiger partial charge in [-0.2, -0.15) is 0 Å². The first-order valence-electron chi connectivity index (χ1n) is 7.63. The lowest BCUT2D eigenvalue weighted by Crippen LogP contribution is -1.99. The van der Waals surface area contributed by atoms with Crippen LogP contribution in [0.25, 0.3) is 32.4 Å². The fraction of sp³-hybridized carbons (Fsp3) is 0.0588. The van der Waals surface area contributed by atoms with Crippen LogP contribution in [0.15, 0.2) is 48.5 Å². The molecule has 0 fully saturated rings. The smallest absolute Gasteiger partial charge is 0.217 e. The molecule has 0 saturated carbocycles. The first-order valence-corrected chi connectivity index (χ1v) is 8.83. The zero-order chi connectivity index (χ0) is 17.0. The Morgan fingerprint density at radius 3 is 2.60 bits per heavy atom. The standard InChI is InChI=1S/C17H11ClN6S/c1-10-15(19-22-24(10)12-8-6-11(18)7-9-12)16-20-21-17-23(16)13-4-2-3-5-14(13)25-17/h2-9H,1H3. The molecule has 0 unspecified atom stereocenters. The quantitative estimate of drug-likeness (QED) is 0.470. The molecule has 6 nitrogen and oxygen atoms in total. The Labute approximate surface area is 151 Å². The summed E-state index contributed by atoms with van der Waals surface area (Å²) < 4.78 is 4.97. The van der Waals surface area contributed by atoms with Crippen molar-refractivity contribution in [3.05, 3.63) is 59.2 Å². The Morgan fingerprint density at radius 2 is 1.76 bits per heavy atom. The van der Waals surface area contributed by atoms with Gasteiger partial charge in [0.1, 0.15) is 0 Å². The minimum Gasteiger partial charge on any atom is -0.264 e. The number of thiazole rings is 1. The topological polar surface area (TPSA) is 60.9 Å². The molecule has 3 heterocycles. The van der Waals surface area contributed by atoms with Crippen molar-refractivity contribution in [1.29, 1.82) is 0 Å². The first-order chi connectivity index (χ1) is 12.2. The molecule has 5 aromatic rings. The molecular weight excluding hydrogens is 356 g/mol. The van der Waals surface area contributed by atoms with Crippen molar-refractivity contribution >= 4 is 38.1 Å². The van der Waals surface area contributed by atoms with E-state index in [9.17, 15) is 0 Å². The summed E-state index contributed by atoms with van der Waals surface area (Å²) in [5.74, 6) is 0.699. The van der Waals surface area contributed by atoms with Crippen LogP contribution in [0.5, 0.6) is 0 Å². The van der Waals surface area contributed by atoms with Gasteiger partial charge in [-0.3, -0.25) is 4.40 Å². The van der Waals surface area contributed by atoms with Crippen LogP contribution in [0.3, 0.4) is 0 Å². The molecule has 122 valence electrons. The van der Waals surface area contributed by atoms with E-state index >= 15 is 0 Å². The molecular formula is C17H11ClN6S. The molecule has 3 aromatic heterocycles. The van der Waals surface area contributed by atoms with Crippen LogP contribution >= 0.6 is 22.9 Å². The van der Waals surface area contributed by atoms with E-state index in [0.717, 1.165) is 26.6 Å². The van der Waals surface area contributed by atoms with E-state index in [-0.39, 0.29) is 0 Å². The second kappa shape index (κ2) is 5.37. The lowest BCUT2D eigenvalue weighted by atomic mass is 10.3. The first kappa shape index (κ1) is 14.6. The van der Waals surface area contributed by atoms with Gasteiger partial charge >= 0.3 is 0 Å². The normalized spacial score (nSPS) is 11.6. The Balaban J connectivity index is 1.72. The lowest BCUT2D eigenvalue weighted by molar-refractivity contribution is 0.785. The second-order valence-corrected chi connectivity index (χ2v) is 7.07. The highest BCUT2D eigenvalue weighted by molar-refractivity contribution is 7.23. The Morgan fingerprint density at radius 1 is 0.960 bits per heavy atom. The van der Waals surface area contributed by atoms with Crippen molar-refractivity contribution in [2.24, 2.45) is 0 Å². The molecule has 8 heteroatoms. The number of aromatic nitrogens is 6. The van der Waals surface area contributed by atoms with Crippen LogP contribution in [0.2, 0.25) is 5.02 Å². The zero-order valence-corrected chi connectivity index (χ0v) is 14.7. The summed E-state index contributed by atoms with van der Waals surface area (Å²) in [6.07, 6.45) is 0. The summed E-state index contributed by atoms with van der Waals surface area (Å²) in [7, 11) is 0. The van der Waals surface area contributed by atoms with Crippen molar-refractivity contribution in [3.8, 4) is 17.2 Å². The van der Waals surface area contributed by atoms with Gasteiger partial charge in [0.15, 0.2) is 11.5 Å². The van der Waals surface area contributed by atoms with Gasteiger partial charge in [-0.1, -0.05) is 40.3 Å². The predicted octanol–water partition coefficient (Wildman–Crippen LogP) is 4.15. The van der Waals surface area contributed by atoms with Crippen LogP contribution in [0.4, 0.5) is 0 Å². The molecule has 0 amide bonds. The molecule has 25 heavy (non-hydrogen) atoms. The highest BCUT2D eigenvalue weighted by Gasteiger charge is 2.20. The summed E-state index contributed by atoms with van der Waals surface area (Å²) in [5.41, 5.74) is 3.58. The van der Waals surface area contributed by atoms with Gasteiger partial charge in [0.25, 0.3) is 0 Å². The third-order valence-corrected chi connectivity index (χ3v) is 5.38. The molecule has 2 aromatic carbocycles. The molecule has 0 N–H and O–H groups in total. The SMILES string of the molecule is Cc1c(-c2nnc3sc4ccccc4n23)nnn1-c1ccc(Cl)cc1. The maximum absolute atomic E-state index is 5.97. The average Bonchev–Trinajstić information content (AvgIpc) is 3.29. The average molecular weight is 367 g/mol. The molecule has 0 aliphatic rings. The molecule has 0 radical (unpaired) electrons. The molecule has 0 saturated heterocycles. The summed E-state index contributed by atoms with van der Waals surface area (Å²) >= 11 is 7.58. The minimum atomic E-state index is 0.686. The van der Waals surface area contributed by atoms with Crippen molar-refractivity contribution in [3.63, 3.8) is 0 Å². The van der Waals surface area contributed by atoms with E-state index in [1.807, 2.05) is 47.7 Å². The van der Waals surface area contributed by atoms with E-state index in [4.69, 9.17) is 11.6 Å². The fourth-order valence-corrected chi connectivity index (χ4v) is 3.99. The van der Waals surface area contributed by atoms with E-state index in [1.165, 1.54) is 0 Å². The van der Waals surface area contributed by atoms with Crippen LogP contribution in [-0.2, 0) is 0 Å². The molecule has 0 spiro atoms. The van der Waals surface area contributed by atoms with Crippen molar-refractivity contribution in [2.45, 2.75) is 6.92 Å². The summed E-state index contributed by atoms with van der Waals surface area (Å²) in [6.45, 7) is 1.97. The Hall–Kier alpha value is -2.77. The minimum absolute atomic E-state index is 0.686. The number of nitrogens with zero attached hydrogens (tertiary/aromatic N) is 6. The van der Waals surface area contributed by atoms with E-state index in [0.29, 0.717) is 16.5 Å². The molecule has 0 bridgehead atoms.